The zero-order valence-corrected chi connectivity index (χ0v) is 9.91. The molecule has 16 heavy (non-hydrogen) atoms. The molecule has 1 N–H and O–H groups in total. The number of hydrogen-bond acceptors (Lipinski definition) is 2. The van der Waals surface area contributed by atoms with Gasteiger partial charge in [0.05, 0.1) is 0 Å². The minimum atomic E-state index is -0.937. The van der Waals surface area contributed by atoms with Crippen LogP contribution < -0.4 is 4.74 Å². The molecule has 1 unspecified atom stereocenters. The number of ether oxygens (including phenoxy) is 1. The van der Waals surface area contributed by atoms with Crippen LogP contribution in [-0.4, -0.2) is 17.2 Å². The van der Waals surface area contributed by atoms with E-state index in [4.69, 9.17) is 21.4 Å². The summed E-state index contributed by atoms with van der Waals surface area (Å²) in [7, 11) is 0. The maximum absolute atomic E-state index is 10.9. The second-order valence-electron chi connectivity index (χ2n) is 3.54. The Morgan fingerprint density at radius 3 is 2.88 bits per heavy atom. The highest BCUT2D eigenvalue weighted by Gasteiger charge is 2.18. The lowest BCUT2D eigenvalue weighted by Gasteiger charge is -2.14. The van der Waals surface area contributed by atoms with E-state index in [1.54, 1.807) is 24.3 Å². The zero-order chi connectivity index (χ0) is 12.0. The minimum Gasteiger partial charge on any atom is -0.479 e. The Labute approximate surface area is 100.0 Å². The molecular formula is C12H15ClO3. The molecule has 3 nitrogen and oxygen atoms in total. The number of hydrogen-bond donors (Lipinski definition) is 1. The van der Waals surface area contributed by atoms with Gasteiger partial charge >= 0.3 is 5.97 Å². The first kappa shape index (κ1) is 12.8. The Morgan fingerprint density at radius 1 is 1.56 bits per heavy atom. The summed E-state index contributed by atoms with van der Waals surface area (Å²) in [5.74, 6) is -0.440. The van der Waals surface area contributed by atoms with Gasteiger partial charge in [0.15, 0.2) is 6.10 Å². The maximum atomic E-state index is 10.9. The largest absolute Gasteiger partial charge is 0.479 e. The number of rotatable bonds is 6. The summed E-state index contributed by atoms with van der Waals surface area (Å²) in [6.45, 7) is 2.01. The monoisotopic (exact) mass is 242 g/mol. The van der Waals surface area contributed by atoms with Crippen LogP contribution in [0.3, 0.4) is 0 Å². The Morgan fingerprint density at radius 2 is 2.31 bits per heavy atom. The summed E-state index contributed by atoms with van der Waals surface area (Å²) in [5, 5.41) is 9.51. The van der Waals surface area contributed by atoms with Gasteiger partial charge in [-0.2, -0.15) is 0 Å². The van der Waals surface area contributed by atoms with Crippen LogP contribution in [0.25, 0.3) is 0 Å². The maximum Gasteiger partial charge on any atom is 0.344 e. The molecule has 1 aromatic carbocycles. The third kappa shape index (κ3) is 4.11. The first-order valence-electron chi connectivity index (χ1n) is 5.28. The smallest absolute Gasteiger partial charge is 0.344 e. The van der Waals surface area contributed by atoms with Crippen molar-refractivity contribution in [2.24, 2.45) is 0 Å². The molecule has 0 heterocycles. The number of halogens is 1. The average Bonchev–Trinajstić information content (AvgIpc) is 2.24. The number of carboxylic acids is 1. The van der Waals surface area contributed by atoms with Crippen molar-refractivity contribution in [1.82, 2.24) is 0 Å². The van der Waals surface area contributed by atoms with Crippen molar-refractivity contribution in [3.8, 4) is 5.75 Å². The van der Waals surface area contributed by atoms with E-state index in [0.717, 1.165) is 12.8 Å². The summed E-state index contributed by atoms with van der Waals surface area (Å²) in [6, 6.07) is 6.77. The van der Waals surface area contributed by atoms with Crippen LogP contribution in [0.5, 0.6) is 5.75 Å². The number of carbonyl (C=O) groups is 1. The fraction of sp³-hybridized carbons (Fsp3) is 0.417. The van der Waals surface area contributed by atoms with E-state index in [2.05, 4.69) is 0 Å². The average molecular weight is 243 g/mol. The van der Waals surface area contributed by atoms with Gasteiger partial charge in [-0.05, 0) is 31.0 Å². The van der Waals surface area contributed by atoms with Gasteiger partial charge < -0.3 is 9.84 Å². The van der Waals surface area contributed by atoms with E-state index in [1.165, 1.54) is 0 Å². The van der Waals surface area contributed by atoms with Crippen molar-refractivity contribution in [3.05, 3.63) is 29.3 Å². The first-order chi connectivity index (χ1) is 7.63. The summed E-state index contributed by atoms with van der Waals surface area (Å²) in [5.41, 5.74) is 0. The second-order valence-corrected chi connectivity index (χ2v) is 3.98. The summed E-state index contributed by atoms with van der Waals surface area (Å²) >= 11 is 5.78. The molecule has 0 aliphatic carbocycles. The molecule has 1 aromatic rings. The lowest BCUT2D eigenvalue weighted by molar-refractivity contribution is -0.145. The molecule has 0 aliphatic heterocycles. The SMILES string of the molecule is CCCCC(Oc1cccc(Cl)c1)C(=O)O. The van der Waals surface area contributed by atoms with Gasteiger partial charge in [0, 0.05) is 5.02 Å². The van der Waals surface area contributed by atoms with E-state index in [9.17, 15) is 4.79 Å². The normalized spacial score (nSPS) is 12.1. The molecule has 1 rings (SSSR count). The summed E-state index contributed by atoms with van der Waals surface area (Å²) < 4.78 is 5.37. The molecule has 0 radical (unpaired) electrons. The van der Waals surface area contributed by atoms with Gasteiger partial charge in [-0.3, -0.25) is 0 Å². The molecule has 88 valence electrons. The second kappa shape index (κ2) is 6.38. The number of carboxylic acid groups (broad SMARTS) is 1. The lowest BCUT2D eigenvalue weighted by Crippen LogP contribution is -2.26. The molecule has 1 atom stereocenters. The van der Waals surface area contributed by atoms with E-state index in [-0.39, 0.29) is 0 Å². The van der Waals surface area contributed by atoms with Gasteiger partial charge in [0.2, 0.25) is 0 Å². The predicted octanol–water partition coefficient (Wildman–Crippen LogP) is 3.36. The van der Waals surface area contributed by atoms with Crippen LogP contribution in [-0.2, 0) is 4.79 Å². The Bertz CT molecular complexity index is 352. The van der Waals surface area contributed by atoms with Crippen LogP contribution in [0.1, 0.15) is 26.2 Å². The molecule has 0 saturated heterocycles. The molecule has 0 saturated carbocycles. The molecule has 0 aromatic heterocycles. The number of aliphatic carboxylic acids is 1. The molecular weight excluding hydrogens is 228 g/mol. The van der Waals surface area contributed by atoms with E-state index < -0.39 is 12.1 Å². The summed E-state index contributed by atoms with van der Waals surface area (Å²) in [4.78, 5) is 10.9. The standard InChI is InChI=1S/C12H15ClO3/c1-2-3-7-11(12(14)15)16-10-6-4-5-9(13)8-10/h4-6,8,11H,2-3,7H2,1H3,(H,14,15). The van der Waals surface area contributed by atoms with Crippen molar-refractivity contribution < 1.29 is 14.6 Å². The molecule has 0 aliphatic rings. The Balaban J connectivity index is 2.64. The highest BCUT2D eigenvalue weighted by molar-refractivity contribution is 6.30. The predicted molar refractivity (Wildman–Crippen MR) is 63.0 cm³/mol. The number of benzene rings is 1. The fourth-order valence-electron chi connectivity index (χ4n) is 1.33. The van der Waals surface area contributed by atoms with Gasteiger partial charge in [-0.15, -0.1) is 0 Å². The van der Waals surface area contributed by atoms with Gasteiger partial charge in [0.25, 0.3) is 0 Å². The van der Waals surface area contributed by atoms with Crippen LogP contribution in [0.15, 0.2) is 24.3 Å². The zero-order valence-electron chi connectivity index (χ0n) is 9.15. The Kier molecular flexibility index (Phi) is 5.12. The van der Waals surface area contributed by atoms with Gasteiger partial charge in [0.1, 0.15) is 5.75 Å². The number of unbranched alkanes of at least 4 members (excludes halogenated alkanes) is 1. The molecule has 0 fully saturated rings. The molecule has 0 bridgehead atoms. The van der Waals surface area contributed by atoms with E-state index >= 15 is 0 Å². The van der Waals surface area contributed by atoms with E-state index in [0.29, 0.717) is 17.2 Å². The van der Waals surface area contributed by atoms with Crippen molar-refractivity contribution in [3.63, 3.8) is 0 Å². The van der Waals surface area contributed by atoms with Crippen LogP contribution >= 0.6 is 11.6 Å². The quantitative estimate of drug-likeness (QED) is 0.832. The highest BCUT2D eigenvalue weighted by atomic mass is 35.5. The first-order valence-corrected chi connectivity index (χ1v) is 5.66. The van der Waals surface area contributed by atoms with Crippen molar-refractivity contribution in [2.45, 2.75) is 32.3 Å². The Hall–Kier alpha value is -1.22. The topological polar surface area (TPSA) is 46.5 Å². The third-order valence-electron chi connectivity index (χ3n) is 2.17. The molecule has 0 spiro atoms. The van der Waals surface area contributed by atoms with Gasteiger partial charge in [-0.1, -0.05) is 31.0 Å². The van der Waals surface area contributed by atoms with Crippen LogP contribution in [0, 0.1) is 0 Å². The highest BCUT2D eigenvalue weighted by Crippen LogP contribution is 2.19. The summed E-state index contributed by atoms with van der Waals surface area (Å²) in [6.07, 6.45) is 1.50. The molecule has 4 heteroatoms. The van der Waals surface area contributed by atoms with Crippen LogP contribution in [0.2, 0.25) is 5.02 Å². The fourth-order valence-corrected chi connectivity index (χ4v) is 1.51. The minimum absolute atomic E-state index is 0.496. The van der Waals surface area contributed by atoms with E-state index in [1.807, 2.05) is 6.92 Å². The van der Waals surface area contributed by atoms with Crippen LogP contribution in [0.4, 0.5) is 0 Å². The lowest BCUT2D eigenvalue weighted by atomic mass is 10.1. The third-order valence-corrected chi connectivity index (χ3v) is 2.40. The molecule has 0 amide bonds. The van der Waals surface area contributed by atoms with Crippen molar-refractivity contribution in [1.29, 1.82) is 0 Å². The van der Waals surface area contributed by atoms with Crippen molar-refractivity contribution in [2.75, 3.05) is 0 Å². The van der Waals surface area contributed by atoms with Gasteiger partial charge in [-0.25, -0.2) is 4.79 Å². The van der Waals surface area contributed by atoms with Crippen molar-refractivity contribution >= 4 is 17.6 Å².